The molecule has 0 radical (unpaired) electrons. The molecule has 0 bridgehead atoms. The maximum atomic E-state index is 13.5. The zero-order chi connectivity index (χ0) is 32.0. The molecular formula is C33H33ClF3N5O2S. The van der Waals surface area contributed by atoms with Crippen LogP contribution in [0.5, 0.6) is 0 Å². The number of carbonyl (C=O) groups excluding carboxylic acids is 2. The molecule has 1 unspecified atom stereocenters. The highest BCUT2D eigenvalue weighted by Gasteiger charge is 2.32. The molecule has 7 nitrogen and oxygen atoms in total. The van der Waals surface area contributed by atoms with Crippen LogP contribution in [0.25, 0.3) is 5.69 Å². The lowest BCUT2D eigenvalue weighted by Crippen LogP contribution is -2.55. The fourth-order valence-corrected chi connectivity index (χ4v) is 6.41. The van der Waals surface area contributed by atoms with Gasteiger partial charge in [0.25, 0.3) is 5.91 Å². The van der Waals surface area contributed by atoms with E-state index in [9.17, 15) is 22.8 Å². The quantitative estimate of drug-likeness (QED) is 0.134. The zero-order valence-electron chi connectivity index (χ0n) is 24.7. The summed E-state index contributed by atoms with van der Waals surface area (Å²) in [5, 5.41) is 9.73. The highest BCUT2D eigenvalue weighted by molar-refractivity contribution is 7.99. The number of alkyl halides is 3. The maximum absolute atomic E-state index is 13.5. The molecule has 0 N–H and O–H groups in total. The van der Waals surface area contributed by atoms with Crippen molar-refractivity contribution in [1.82, 2.24) is 24.6 Å². The van der Waals surface area contributed by atoms with Crippen molar-refractivity contribution in [3.05, 3.63) is 106 Å². The average molecular weight is 656 g/mol. The van der Waals surface area contributed by atoms with Gasteiger partial charge in [0, 0.05) is 54.9 Å². The summed E-state index contributed by atoms with van der Waals surface area (Å²) >= 11 is 7.35. The number of hydrogen-bond acceptors (Lipinski definition) is 5. The van der Waals surface area contributed by atoms with E-state index in [2.05, 4.69) is 10.2 Å². The lowest BCUT2D eigenvalue weighted by atomic mass is 10.1. The number of thioether (sulfide) groups is 1. The Bertz CT molecular complexity index is 1610. The van der Waals surface area contributed by atoms with E-state index in [-0.39, 0.29) is 17.9 Å². The van der Waals surface area contributed by atoms with Crippen LogP contribution < -0.4 is 0 Å². The van der Waals surface area contributed by atoms with E-state index >= 15 is 0 Å². The summed E-state index contributed by atoms with van der Waals surface area (Å²) < 4.78 is 42.2. The number of aromatic nitrogens is 3. The summed E-state index contributed by atoms with van der Waals surface area (Å²) in [6.07, 6.45) is -2.32. The van der Waals surface area contributed by atoms with Crippen molar-refractivity contribution in [3.63, 3.8) is 0 Å². The number of piperazine rings is 1. The van der Waals surface area contributed by atoms with Crippen LogP contribution >= 0.6 is 23.4 Å². The standard InChI is InChI=1S/C33H33ClF3N5O2S/c1-23-22-40(17-18-41(23)31(44)25-13-15-27(34)16-14-25)30(43)12-5-6-19-45-32-39-38-29(20-24-8-3-2-4-9-24)42(32)28-11-7-10-26(21-28)33(35,36)37/h2-4,7-11,13-16,21,23H,5-6,12,17-20,22H2,1H3. The second-order valence-electron chi connectivity index (χ2n) is 10.9. The third kappa shape index (κ3) is 8.26. The van der Waals surface area contributed by atoms with Crippen molar-refractivity contribution in [2.75, 3.05) is 25.4 Å². The van der Waals surface area contributed by atoms with Crippen LogP contribution in [-0.2, 0) is 17.4 Å². The van der Waals surface area contributed by atoms with E-state index in [1.54, 1.807) is 39.8 Å². The summed E-state index contributed by atoms with van der Waals surface area (Å²) in [6.45, 7) is 3.34. The number of rotatable bonds is 10. The molecule has 0 spiro atoms. The molecule has 4 aromatic rings. The Hall–Kier alpha value is -3.83. The third-order valence-corrected chi connectivity index (χ3v) is 8.95. The van der Waals surface area contributed by atoms with E-state index in [4.69, 9.17) is 11.6 Å². The number of carbonyl (C=O) groups is 2. The molecule has 0 aliphatic carbocycles. The van der Waals surface area contributed by atoms with E-state index in [0.717, 1.165) is 17.7 Å². The Labute approximate surface area is 269 Å². The molecule has 1 aliphatic heterocycles. The summed E-state index contributed by atoms with van der Waals surface area (Å²) in [5.74, 6) is 1.13. The number of benzene rings is 3. The van der Waals surface area contributed by atoms with Crippen molar-refractivity contribution in [3.8, 4) is 5.69 Å². The van der Waals surface area contributed by atoms with E-state index in [1.807, 2.05) is 42.2 Å². The molecule has 1 aromatic heterocycles. The Morgan fingerprint density at radius 3 is 2.42 bits per heavy atom. The van der Waals surface area contributed by atoms with Crippen LogP contribution in [0.15, 0.2) is 84.0 Å². The Kier molecular flexibility index (Phi) is 10.5. The Morgan fingerprint density at radius 1 is 0.956 bits per heavy atom. The smallest absolute Gasteiger partial charge is 0.339 e. The highest BCUT2D eigenvalue weighted by atomic mass is 35.5. The number of halogens is 4. The maximum Gasteiger partial charge on any atom is 0.416 e. The largest absolute Gasteiger partial charge is 0.416 e. The van der Waals surface area contributed by atoms with Gasteiger partial charge in [-0.25, -0.2) is 0 Å². The lowest BCUT2D eigenvalue weighted by molar-refractivity contribution is -0.137. The number of unbranched alkanes of at least 4 members (excludes halogenated alkanes) is 1. The first kappa shape index (κ1) is 32.6. The van der Waals surface area contributed by atoms with Gasteiger partial charge in [-0.2, -0.15) is 13.2 Å². The molecule has 12 heteroatoms. The lowest BCUT2D eigenvalue weighted by Gasteiger charge is -2.40. The summed E-state index contributed by atoms with van der Waals surface area (Å²) in [7, 11) is 0. The van der Waals surface area contributed by atoms with Gasteiger partial charge in [0.1, 0.15) is 5.82 Å². The van der Waals surface area contributed by atoms with Crippen LogP contribution in [0.3, 0.4) is 0 Å². The normalized spacial score (nSPS) is 15.4. The van der Waals surface area contributed by atoms with Crippen molar-refractivity contribution in [1.29, 1.82) is 0 Å². The second kappa shape index (κ2) is 14.5. The molecule has 1 fully saturated rings. The van der Waals surface area contributed by atoms with E-state index < -0.39 is 11.7 Å². The van der Waals surface area contributed by atoms with Crippen molar-refractivity contribution >= 4 is 35.2 Å². The zero-order valence-corrected chi connectivity index (χ0v) is 26.3. The molecule has 1 saturated heterocycles. The number of hydrogen-bond donors (Lipinski definition) is 0. The summed E-state index contributed by atoms with van der Waals surface area (Å²) in [6, 6.07) is 21.4. The first-order valence-corrected chi connectivity index (χ1v) is 16.1. The minimum absolute atomic E-state index is 0.0442. The Morgan fingerprint density at radius 2 is 1.71 bits per heavy atom. The molecule has 236 valence electrons. The van der Waals surface area contributed by atoms with Gasteiger partial charge in [0.15, 0.2) is 5.16 Å². The van der Waals surface area contributed by atoms with E-state index in [1.165, 1.54) is 17.8 Å². The Balaban J connectivity index is 1.16. The van der Waals surface area contributed by atoms with Gasteiger partial charge in [-0.3, -0.25) is 14.2 Å². The predicted molar refractivity (Wildman–Crippen MR) is 169 cm³/mol. The SMILES string of the molecule is CC1CN(C(=O)CCCCSc2nnc(Cc3ccccc3)n2-c2cccc(C(F)(F)F)c2)CCN1C(=O)c1ccc(Cl)cc1. The van der Waals surface area contributed by atoms with E-state index in [0.29, 0.717) is 78.3 Å². The van der Waals surface area contributed by atoms with Crippen molar-refractivity contribution in [2.24, 2.45) is 0 Å². The van der Waals surface area contributed by atoms with Crippen molar-refractivity contribution < 1.29 is 22.8 Å². The molecule has 3 aromatic carbocycles. The van der Waals surface area contributed by atoms with Gasteiger partial charge in [-0.1, -0.05) is 59.8 Å². The number of amides is 2. The summed E-state index contributed by atoms with van der Waals surface area (Å²) in [5.41, 5.74) is 1.15. The first-order chi connectivity index (χ1) is 21.6. The van der Waals surface area contributed by atoms with Gasteiger partial charge in [0.05, 0.1) is 11.3 Å². The topological polar surface area (TPSA) is 71.3 Å². The van der Waals surface area contributed by atoms with Crippen LogP contribution in [-0.4, -0.2) is 67.8 Å². The molecule has 2 amide bonds. The minimum Gasteiger partial charge on any atom is -0.339 e. The van der Waals surface area contributed by atoms with Gasteiger partial charge >= 0.3 is 6.18 Å². The van der Waals surface area contributed by atoms with Crippen LogP contribution in [0.4, 0.5) is 13.2 Å². The fraction of sp³-hybridized carbons (Fsp3) is 0.333. The predicted octanol–water partition coefficient (Wildman–Crippen LogP) is 7.17. The number of nitrogens with zero attached hydrogens (tertiary/aromatic N) is 5. The van der Waals surface area contributed by atoms with Crippen LogP contribution in [0.1, 0.15) is 53.5 Å². The van der Waals surface area contributed by atoms with Gasteiger partial charge in [-0.15, -0.1) is 10.2 Å². The fourth-order valence-electron chi connectivity index (χ4n) is 5.31. The third-order valence-electron chi connectivity index (χ3n) is 7.69. The molecule has 5 rings (SSSR count). The molecule has 45 heavy (non-hydrogen) atoms. The second-order valence-corrected chi connectivity index (χ2v) is 12.4. The first-order valence-electron chi connectivity index (χ1n) is 14.7. The van der Waals surface area contributed by atoms with Crippen molar-refractivity contribution in [2.45, 2.75) is 50.0 Å². The van der Waals surface area contributed by atoms with Crippen LogP contribution in [0, 0.1) is 0 Å². The van der Waals surface area contributed by atoms with Crippen LogP contribution in [0.2, 0.25) is 5.02 Å². The molecular weight excluding hydrogens is 623 g/mol. The monoisotopic (exact) mass is 655 g/mol. The average Bonchev–Trinajstić information content (AvgIpc) is 3.42. The molecule has 1 aliphatic rings. The molecule has 1 atom stereocenters. The molecule has 0 saturated carbocycles. The minimum atomic E-state index is -4.47. The van der Waals surface area contributed by atoms with Gasteiger partial charge in [-0.05, 0) is 67.8 Å². The highest BCUT2D eigenvalue weighted by Crippen LogP contribution is 2.32. The van der Waals surface area contributed by atoms with Gasteiger partial charge in [0.2, 0.25) is 5.91 Å². The summed E-state index contributed by atoms with van der Waals surface area (Å²) in [4.78, 5) is 29.5. The molecule has 2 heterocycles. The van der Waals surface area contributed by atoms with Gasteiger partial charge < -0.3 is 9.80 Å².